The molecule has 0 amide bonds. The van der Waals surface area contributed by atoms with E-state index in [9.17, 15) is 4.79 Å². The number of nitrogens with zero attached hydrogens (tertiary/aromatic N) is 1. The second-order valence-corrected chi connectivity index (χ2v) is 8.95. The highest BCUT2D eigenvalue weighted by Gasteiger charge is 2.33. The normalized spacial score (nSPS) is 16.5. The number of carbonyl (C=O) groups excluding carboxylic acids is 1. The Morgan fingerprint density at radius 2 is 1.72 bits per heavy atom. The van der Waals surface area contributed by atoms with Gasteiger partial charge in [0.05, 0.1) is 11.1 Å². The first-order valence-corrected chi connectivity index (χ1v) is 11.3. The van der Waals surface area contributed by atoms with Crippen LogP contribution < -0.4 is 9.47 Å². The predicted octanol–water partition coefficient (Wildman–Crippen LogP) is 6.66. The molecule has 0 spiro atoms. The maximum atomic E-state index is 13.0. The molecule has 0 fully saturated rings. The predicted molar refractivity (Wildman–Crippen MR) is 127 cm³/mol. The first kappa shape index (κ1) is 21.4. The fourth-order valence-corrected chi connectivity index (χ4v) is 4.50. The summed E-state index contributed by atoms with van der Waals surface area (Å²) >= 11 is 18.5. The monoisotopic (exact) mass is 485 g/mol. The molecule has 5 rings (SSSR count). The number of allylic oxidation sites excluding steroid dienone is 1. The van der Waals surface area contributed by atoms with Crippen molar-refractivity contribution < 1.29 is 14.3 Å². The molecule has 0 unspecified atom stereocenters. The van der Waals surface area contributed by atoms with Crippen LogP contribution in [0.2, 0.25) is 15.1 Å². The SMILES string of the molecule is O=C1/C(=C/c2c(Cl)cccc2Cl)Oc2c1ccc1c2CN(CCc2ccc(Cl)cc2)CO1. The molecular formula is C25H18Cl3NO3. The number of ketones is 1. The lowest BCUT2D eigenvalue weighted by Gasteiger charge is -2.29. The van der Waals surface area contributed by atoms with Crippen molar-refractivity contribution in [2.24, 2.45) is 0 Å². The van der Waals surface area contributed by atoms with Gasteiger partial charge < -0.3 is 9.47 Å². The summed E-state index contributed by atoms with van der Waals surface area (Å²) in [5.41, 5.74) is 3.14. The number of hydrogen-bond donors (Lipinski definition) is 0. The van der Waals surface area contributed by atoms with Crippen LogP contribution in [0.1, 0.15) is 27.0 Å². The summed E-state index contributed by atoms with van der Waals surface area (Å²) in [7, 11) is 0. The Morgan fingerprint density at radius 3 is 2.47 bits per heavy atom. The van der Waals surface area contributed by atoms with Gasteiger partial charge in [-0.25, -0.2) is 0 Å². The minimum Gasteiger partial charge on any atom is -0.478 e. The van der Waals surface area contributed by atoms with E-state index < -0.39 is 0 Å². The Hall–Kier alpha value is -2.50. The molecule has 162 valence electrons. The Morgan fingerprint density at radius 1 is 0.969 bits per heavy atom. The van der Waals surface area contributed by atoms with Gasteiger partial charge in [0.2, 0.25) is 5.78 Å². The first-order valence-electron chi connectivity index (χ1n) is 10.1. The van der Waals surface area contributed by atoms with Gasteiger partial charge in [-0.15, -0.1) is 0 Å². The van der Waals surface area contributed by atoms with Crippen molar-refractivity contribution in [2.45, 2.75) is 13.0 Å². The quantitative estimate of drug-likeness (QED) is 0.387. The van der Waals surface area contributed by atoms with Crippen LogP contribution >= 0.6 is 34.8 Å². The van der Waals surface area contributed by atoms with Crippen molar-refractivity contribution in [1.82, 2.24) is 4.90 Å². The molecule has 0 bridgehead atoms. The molecule has 0 aliphatic carbocycles. The molecule has 2 aliphatic heterocycles. The first-order chi connectivity index (χ1) is 15.5. The Kier molecular flexibility index (Phi) is 5.87. The van der Waals surface area contributed by atoms with Gasteiger partial charge in [-0.3, -0.25) is 9.69 Å². The summed E-state index contributed by atoms with van der Waals surface area (Å²) in [6, 6.07) is 16.6. The van der Waals surface area contributed by atoms with Crippen LogP contribution in [0.25, 0.3) is 6.08 Å². The summed E-state index contributed by atoms with van der Waals surface area (Å²) in [5, 5.41) is 1.63. The molecule has 0 aromatic heterocycles. The van der Waals surface area contributed by atoms with E-state index in [2.05, 4.69) is 4.90 Å². The molecule has 0 radical (unpaired) electrons. The van der Waals surface area contributed by atoms with Crippen LogP contribution in [0.4, 0.5) is 0 Å². The number of carbonyl (C=O) groups is 1. The lowest BCUT2D eigenvalue weighted by Crippen LogP contribution is -2.33. The number of rotatable bonds is 4. The van der Waals surface area contributed by atoms with E-state index in [1.165, 1.54) is 5.56 Å². The maximum Gasteiger partial charge on any atom is 0.231 e. The van der Waals surface area contributed by atoms with Crippen molar-refractivity contribution in [3.63, 3.8) is 0 Å². The Bertz CT molecular complexity index is 1220. The molecule has 0 saturated carbocycles. The molecule has 2 aliphatic rings. The van der Waals surface area contributed by atoms with E-state index in [0.717, 1.165) is 29.3 Å². The third kappa shape index (κ3) is 4.12. The van der Waals surface area contributed by atoms with Crippen LogP contribution in [0.3, 0.4) is 0 Å². The maximum absolute atomic E-state index is 13.0. The molecule has 0 N–H and O–H groups in total. The summed E-state index contributed by atoms with van der Waals surface area (Å²) in [6.07, 6.45) is 2.46. The fourth-order valence-electron chi connectivity index (χ4n) is 3.87. The fraction of sp³-hybridized carbons (Fsp3) is 0.160. The standard InChI is InChI=1S/C25H18Cl3NO3/c26-16-6-4-15(5-7-16)10-11-29-13-19-22(31-14-29)9-8-17-24(30)23(32-25(17)19)12-18-20(27)2-1-3-21(18)28/h1-9,12H,10-11,13-14H2/b23-12-. The summed E-state index contributed by atoms with van der Waals surface area (Å²) < 4.78 is 12.0. The summed E-state index contributed by atoms with van der Waals surface area (Å²) in [4.78, 5) is 15.2. The number of ether oxygens (including phenoxy) is 2. The average molecular weight is 487 g/mol. The molecule has 3 aromatic carbocycles. The Balaban J connectivity index is 1.38. The smallest absolute Gasteiger partial charge is 0.231 e. The van der Waals surface area contributed by atoms with E-state index in [0.29, 0.717) is 40.2 Å². The number of hydrogen-bond acceptors (Lipinski definition) is 4. The van der Waals surface area contributed by atoms with Crippen LogP contribution in [-0.2, 0) is 13.0 Å². The topological polar surface area (TPSA) is 38.8 Å². The molecule has 0 saturated heterocycles. The van der Waals surface area contributed by atoms with Gasteiger partial charge in [0.15, 0.2) is 5.76 Å². The number of halogens is 3. The number of benzene rings is 3. The minimum atomic E-state index is -0.197. The van der Waals surface area contributed by atoms with Crippen LogP contribution in [0.15, 0.2) is 60.4 Å². The average Bonchev–Trinajstić information content (AvgIpc) is 3.11. The van der Waals surface area contributed by atoms with Crippen LogP contribution in [0, 0.1) is 0 Å². The molecule has 3 aromatic rings. The van der Waals surface area contributed by atoms with Crippen molar-refractivity contribution in [3.05, 3.63) is 97.7 Å². The number of Topliss-reactive ketones (excluding diaryl/α,β-unsaturated/α-hetero) is 1. The lowest BCUT2D eigenvalue weighted by molar-refractivity contribution is 0.0950. The van der Waals surface area contributed by atoms with E-state index in [1.807, 2.05) is 30.3 Å². The Labute approximate surface area is 200 Å². The van der Waals surface area contributed by atoms with Crippen LogP contribution in [-0.4, -0.2) is 24.0 Å². The summed E-state index contributed by atoms with van der Waals surface area (Å²) in [5.74, 6) is 1.27. The van der Waals surface area contributed by atoms with Gasteiger partial charge in [0.1, 0.15) is 18.2 Å². The molecule has 2 heterocycles. The van der Waals surface area contributed by atoms with Crippen molar-refractivity contribution in [1.29, 1.82) is 0 Å². The van der Waals surface area contributed by atoms with Crippen molar-refractivity contribution >= 4 is 46.7 Å². The zero-order valence-electron chi connectivity index (χ0n) is 16.9. The lowest BCUT2D eigenvalue weighted by atomic mass is 10.0. The third-order valence-electron chi connectivity index (χ3n) is 5.59. The van der Waals surface area contributed by atoms with Gasteiger partial charge in [-0.05, 0) is 54.5 Å². The minimum absolute atomic E-state index is 0.196. The molecule has 0 atom stereocenters. The molecule has 4 nitrogen and oxygen atoms in total. The van der Waals surface area contributed by atoms with Gasteiger partial charge >= 0.3 is 0 Å². The highest BCUT2D eigenvalue weighted by Crippen LogP contribution is 2.42. The van der Waals surface area contributed by atoms with E-state index in [1.54, 1.807) is 30.3 Å². The van der Waals surface area contributed by atoms with Gasteiger partial charge in [-0.2, -0.15) is 0 Å². The van der Waals surface area contributed by atoms with Crippen LogP contribution in [0.5, 0.6) is 11.5 Å². The van der Waals surface area contributed by atoms with E-state index in [4.69, 9.17) is 44.3 Å². The van der Waals surface area contributed by atoms with Crippen molar-refractivity contribution in [3.8, 4) is 11.5 Å². The highest BCUT2D eigenvalue weighted by atomic mass is 35.5. The number of fused-ring (bicyclic) bond motifs is 3. The second-order valence-electron chi connectivity index (χ2n) is 7.70. The molecule has 7 heteroatoms. The molecule has 32 heavy (non-hydrogen) atoms. The van der Waals surface area contributed by atoms with Gasteiger partial charge in [-0.1, -0.05) is 53.0 Å². The van der Waals surface area contributed by atoms with Gasteiger partial charge in [0, 0.05) is 33.7 Å². The van der Waals surface area contributed by atoms with Gasteiger partial charge in [0.25, 0.3) is 0 Å². The molecular weight excluding hydrogens is 469 g/mol. The zero-order chi connectivity index (χ0) is 22.2. The zero-order valence-corrected chi connectivity index (χ0v) is 19.2. The summed E-state index contributed by atoms with van der Waals surface area (Å²) in [6.45, 7) is 1.90. The third-order valence-corrected chi connectivity index (χ3v) is 6.50. The van der Waals surface area contributed by atoms with E-state index >= 15 is 0 Å². The van der Waals surface area contributed by atoms with Crippen molar-refractivity contribution in [2.75, 3.05) is 13.3 Å². The van der Waals surface area contributed by atoms with E-state index in [-0.39, 0.29) is 11.5 Å². The largest absolute Gasteiger partial charge is 0.478 e. The second kappa shape index (κ2) is 8.80. The highest BCUT2D eigenvalue weighted by molar-refractivity contribution is 6.37.